The first-order valence-electron chi connectivity index (χ1n) is 9.26. The van der Waals surface area contributed by atoms with Gasteiger partial charge in [0.05, 0.1) is 28.7 Å². The molecule has 2 fully saturated rings. The number of esters is 1. The summed E-state index contributed by atoms with van der Waals surface area (Å²) < 4.78 is 12.5. The fraction of sp³-hybridized carbons (Fsp3) is 0.579. The van der Waals surface area contributed by atoms with Crippen LogP contribution in [-0.4, -0.2) is 22.4 Å². The van der Waals surface area contributed by atoms with Crippen LogP contribution < -0.4 is 4.87 Å². The van der Waals surface area contributed by atoms with Crippen molar-refractivity contribution in [3.05, 3.63) is 38.7 Å². The van der Waals surface area contributed by atoms with Crippen molar-refractivity contribution in [3.8, 4) is 0 Å². The molecule has 0 saturated heterocycles. The van der Waals surface area contributed by atoms with Gasteiger partial charge in [0.1, 0.15) is 12.3 Å². The van der Waals surface area contributed by atoms with Crippen LogP contribution in [0.25, 0.3) is 0 Å². The predicted octanol–water partition coefficient (Wildman–Crippen LogP) is 3.72. The van der Waals surface area contributed by atoms with Gasteiger partial charge in [-0.25, -0.2) is 0 Å². The van der Waals surface area contributed by atoms with Gasteiger partial charge >= 0.3 is 10.8 Å². The van der Waals surface area contributed by atoms with E-state index in [1.54, 1.807) is 17.8 Å². The van der Waals surface area contributed by atoms with E-state index in [0.717, 1.165) is 21.6 Å². The van der Waals surface area contributed by atoms with Crippen molar-refractivity contribution in [2.75, 3.05) is 6.61 Å². The van der Waals surface area contributed by atoms with Gasteiger partial charge in [-0.2, -0.15) is 0 Å². The summed E-state index contributed by atoms with van der Waals surface area (Å²) >= 11 is 3.10. The normalized spacial score (nSPS) is 31.7. The molecule has 0 amide bonds. The number of rotatable bonds is 4. The molecule has 2 saturated carbocycles. The number of hydrogen-bond acceptors (Lipinski definition) is 6. The summed E-state index contributed by atoms with van der Waals surface area (Å²) in [5.74, 6) is 2.72. The van der Waals surface area contributed by atoms with Crippen LogP contribution in [0.1, 0.15) is 42.7 Å². The summed E-state index contributed by atoms with van der Waals surface area (Å²) in [4.78, 5) is 25.7. The van der Waals surface area contributed by atoms with E-state index in [2.05, 4.69) is 0 Å². The lowest BCUT2D eigenvalue weighted by atomic mass is 9.77. The van der Waals surface area contributed by atoms with Gasteiger partial charge in [-0.15, -0.1) is 11.8 Å². The van der Waals surface area contributed by atoms with Crippen molar-refractivity contribution in [2.24, 2.45) is 17.8 Å². The number of thioether (sulfide) groups is 1. The van der Waals surface area contributed by atoms with Crippen LogP contribution in [0.4, 0.5) is 0 Å². The quantitative estimate of drug-likeness (QED) is 0.744. The summed E-state index contributed by atoms with van der Waals surface area (Å²) in [6, 6.07) is 3.96. The molecule has 26 heavy (non-hydrogen) atoms. The SMILES string of the molecule is CCOC(=O)Cn1c2c(sc1=O)[C@H](c1ccco1)C1C3CCC(C3)C1S2. The standard InChI is InChI=1S/C19H21NO4S2/c1-2-23-13(21)9-20-18-17(26-19(20)22)15(12-4-3-7-24-12)14-10-5-6-11(8-10)16(14)25-18/h3-4,7,10-11,14-16H,2,5-6,8-9H2,1H3/t10?,11?,14?,15-,16?/m1/s1. The largest absolute Gasteiger partial charge is 0.469 e. The maximum atomic E-state index is 12.7. The van der Waals surface area contributed by atoms with Crippen molar-refractivity contribution in [3.63, 3.8) is 0 Å². The second kappa shape index (κ2) is 6.30. The van der Waals surface area contributed by atoms with Gasteiger partial charge in [0.2, 0.25) is 0 Å². The highest BCUT2D eigenvalue weighted by Crippen LogP contribution is 2.63. The lowest BCUT2D eigenvalue weighted by Crippen LogP contribution is -2.34. The molecule has 3 aliphatic rings. The van der Waals surface area contributed by atoms with Crippen LogP contribution in [0.3, 0.4) is 0 Å². The van der Waals surface area contributed by atoms with Gasteiger partial charge in [-0.1, -0.05) is 11.3 Å². The van der Waals surface area contributed by atoms with Crippen molar-refractivity contribution in [2.45, 2.75) is 48.9 Å². The molecule has 0 N–H and O–H groups in total. The lowest BCUT2D eigenvalue weighted by Gasteiger charge is -2.39. The Kier molecular flexibility index (Phi) is 4.05. The number of aromatic nitrogens is 1. The highest BCUT2D eigenvalue weighted by Gasteiger charge is 2.55. The summed E-state index contributed by atoms with van der Waals surface area (Å²) in [7, 11) is 0. The number of furan rings is 1. The average Bonchev–Trinajstić information content (AvgIpc) is 3.38. The van der Waals surface area contributed by atoms with E-state index in [0.29, 0.717) is 23.7 Å². The predicted molar refractivity (Wildman–Crippen MR) is 99.7 cm³/mol. The van der Waals surface area contributed by atoms with Crippen molar-refractivity contribution in [1.82, 2.24) is 4.57 Å². The number of carbonyl (C=O) groups is 1. The minimum absolute atomic E-state index is 0.00185. The van der Waals surface area contributed by atoms with E-state index in [1.165, 1.54) is 30.6 Å². The van der Waals surface area contributed by atoms with Crippen molar-refractivity contribution in [1.29, 1.82) is 0 Å². The van der Waals surface area contributed by atoms with E-state index in [-0.39, 0.29) is 23.3 Å². The molecular weight excluding hydrogens is 370 g/mol. The minimum atomic E-state index is -0.347. The lowest BCUT2D eigenvalue weighted by molar-refractivity contribution is -0.144. The highest BCUT2D eigenvalue weighted by molar-refractivity contribution is 8.00. The van der Waals surface area contributed by atoms with Gasteiger partial charge in [-0.05, 0) is 56.1 Å². The first kappa shape index (κ1) is 16.7. The molecule has 0 aromatic carbocycles. The molecule has 2 aromatic rings. The van der Waals surface area contributed by atoms with Crippen LogP contribution in [0.2, 0.25) is 0 Å². The second-order valence-corrected chi connectivity index (χ2v) is 9.57. The van der Waals surface area contributed by atoms with E-state index in [9.17, 15) is 9.59 Å². The summed E-state index contributed by atoms with van der Waals surface area (Å²) in [5, 5.41) is 1.47. The van der Waals surface area contributed by atoms with Crippen LogP contribution in [0, 0.1) is 17.8 Å². The molecule has 2 bridgehead atoms. The fourth-order valence-corrected chi connectivity index (χ4v) is 8.34. The Balaban J connectivity index is 1.60. The van der Waals surface area contributed by atoms with Crippen LogP contribution in [0.5, 0.6) is 0 Å². The van der Waals surface area contributed by atoms with Gasteiger partial charge < -0.3 is 9.15 Å². The van der Waals surface area contributed by atoms with Crippen LogP contribution in [0.15, 0.2) is 32.6 Å². The number of carbonyl (C=O) groups excluding carboxylic acids is 1. The molecule has 1 aliphatic heterocycles. The highest BCUT2D eigenvalue weighted by atomic mass is 32.2. The smallest absolute Gasteiger partial charge is 0.326 e. The van der Waals surface area contributed by atoms with Gasteiger partial charge in [-0.3, -0.25) is 14.2 Å². The molecule has 7 heteroatoms. The molecule has 5 atom stereocenters. The van der Waals surface area contributed by atoms with E-state index >= 15 is 0 Å². The Morgan fingerprint density at radius 1 is 1.38 bits per heavy atom. The first-order chi connectivity index (χ1) is 12.7. The molecule has 0 spiro atoms. The van der Waals surface area contributed by atoms with Gasteiger partial charge in [0.25, 0.3) is 0 Å². The number of hydrogen-bond donors (Lipinski definition) is 0. The summed E-state index contributed by atoms with van der Waals surface area (Å²) in [5.41, 5.74) is 0. The molecule has 2 aliphatic carbocycles. The van der Waals surface area contributed by atoms with Crippen LogP contribution >= 0.6 is 23.1 Å². The molecule has 2 aromatic heterocycles. The molecular formula is C19H21NO4S2. The third-order valence-corrected chi connectivity index (χ3v) is 8.96. The Labute approximate surface area is 159 Å². The van der Waals surface area contributed by atoms with Gasteiger partial charge in [0, 0.05) is 5.25 Å². The third kappa shape index (κ3) is 2.43. The van der Waals surface area contributed by atoms with Crippen LogP contribution in [-0.2, 0) is 16.1 Å². The molecule has 5 nitrogen and oxygen atoms in total. The zero-order valence-electron chi connectivity index (χ0n) is 14.6. The van der Waals surface area contributed by atoms with E-state index in [4.69, 9.17) is 9.15 Å². The van der Waals surface area contributed by atoms with Crippen molar-refractivity contribution < 1.29 is 13.9 Å². The third-order valence-electron chi connectivity index (χ3n) is 6.13. The van der Waals surface area contributed by atoms with Crippen molar-refractivity contribution >= 4 is 29.1 Å². The Hall–Kier alpha value is -1.47. The number of thiazole rings is 1. The van der Waals surface area contributed by atoms with E-state index in [1.807, 2.05) is 23.9 Å². The monoisotopic (exact) mass is 391 g/mol. The first-order valence-corrected chi connectivity index (χ1v) is 11.0. The maximum Gasteiger partial charge on any atom is 0.326 e. The molecule has 4 unspecified atom stereocenters. The second-order valence-electron chi connectivity index (χ2n) is 7.41. The zero-order valence-corrected chi connectivity index (χ0v) is 16.2. The Bertz CT molecular complexity index is 884. The van der Waals surface area contributed by atoms with Gasteiger partial charge in [0.15, 0.2) is 0 Å². The minimum Gasteiger partial charge on any atom is -0.469 e. The topological polar surface area (TPSA) is 61.4 Å². The molecule has 0 radical (unpaired) electrons. The zero-order chi connectivity index (χ0) is 17.8. The Morgan fingerprint density at radius 2 is 2.23 bits per heavy atom. The average molecular weight is 392 g/mol. The maximum absolute atomic E-state index is 12.7. The number of fused-ring (bicyclic) bond motifs is 6. The molecule has 138 valence electrons. The van der Waals surface area contributed by atoms with E-state index < -0.39 is 0 Å². The summed E-state index contributed by atoms with van der Waals surface area (Å²) in [6.07, 6.45) is 5.58. The number of ether oxygens (including phenoxy) is 1. The fourth-order valence-electron chi connectivity index (χ4n) is 5.21. The molecule has 3 heterocycles. The Morgan fingerprint density at radius 3 is 3.00 bits per heavy atom. The summed E-state index contributed by atoms with van der Waals surface area (Å²) in [6.45, 7) is 2.11. The number of nitrogens with zero attached hydrogens (tertiary/aromatic N) is 1. The molecule has 5 rings (SSSR count).